The number of aliphatic hydroxyl groups excluding tert-OH is 1. The SMILES string of the molecule is NC(C1CCCC1)C(O)C(=O)NCC(F)(F)F. The molecule has 0 spiro atoms. The van der Waals surface area contributed by atoms with Gasteiger partial charge in [0.2, 0.25) is 0 Å². The molecule has 2 atom stereocenters. The van der Waals surface area contributed by atoms with Gasteiger partial charge < -0.3 is 16.2 Å². The maximum Gasteiger partial charge on any atom is 0.405 e. The van der Waals surface area contributed by atoms with E-state index < -0.39 is 30.8 Å². The summed E-state index contributed by atoms with van der Waals surface area (Å²) in [4.78, 5) is 11.2. The van der Waals surface area contributed by atoms with Gasteiger partial charge in [-0.05, 0) is 18.8 Å². The van der Waals surface area contributed by atoms with Crippen LogP contribution in [0.25, 0.3) is 0 Å². The van der Waals surface area contributed by atoms with Crippen LogP contribution >= 0.6 is 0 Å². The lowest BCUT2D eigenvalue weighted by atomic mass is 9.94. The van der Waals surface area contributed by atoms with Gasteiger partial charge in [-0.2, -0.15) is 13.2 Å². The molecular weight excluding hydrogens is 237 g/mol. The molecule has 0 aromatic rings. The van der Waals surface area contributed by atoms with E-state index >= 15 is 0 Å². The predicted molar refractivity (Wildman–Crippen MR) is 55.0 cm³/mol. The monoisotopic (exact) mass is 254 g/mol. The molecule has 2 unspecified atom stereocenters. The zero-order chi connectivity index (χ0) is 13.1. The number of aliphatic hydroxyl groups is 1. The summed E-state index contributed by atoms with van der Waals surface area (Å²) in [6, 6.07) is -0.786. The summed E-state index contributed by atoms with van der Waals surface area (Å²) in [5, 5.41) is 11.2. The minimum atomic E-state index is -4.48. The van der Waals surface area contributed by atoms with E-state index in [-0.39, 0.29) is 5.92 Å². The summed E-state index contributed by atoms with van der Waals surface area (Å²) >= 11 is 0. The van der Waals surface area contributed by atoms with Crippen molar-refractivity contribution in [2.75, 3.05) is 6.54 Å². The highest BCUT2D eigenvalue weighted by molar-refractivity contribution is 5.81. The average Bonchev–Trinajstić information content (AvgIpc) is 2.76. The Morgan fingerprint density at radius 1 is 1.41 bits per heavy atom. The molecule has 0 saturated heterocycles. The molecule has 4 N–H and O–H groups in total. The molecule has 0 radical (unpaired) electrons. The van der Waals surface area contributed by atoms with Gasteiger partial charge in [-0.1, -0.05) is 12.8 Å². The van der Waals surface area contributed by atoms with E-state index in [0.717, 1.165) is 25.7 Å². The highest BCUT2D eigenvalue weighted by Crippen LogP contribution is 2.28. The van der Waals surface area contributed by atoms with Crippen LogP contribution in [0.15, 0.2) is 0 Å². The van der Waals surface area contributed by atoms with E-state index in [4.69, 9.17) is 5.73 Å². The van der Waals surface area contributed by atoms with Crippen LogP contribution in [0.5, 0.6) is 0 Å². The third-order valence-electron chi connectivity index (χ3n) is 3.04. The molecule has 1 fully saturated rings. The topological polar surface area (TPSA) is 75.3 Å². The number of hydrogen-bond acceptors (Lipinski definition) is 3. The Bertz CT molecular complexity index is 265. The van der Waals surface area contributed by atoms with Crippen LogP contribution in [-0.2, 0) is 4.79 Å². The maximum absolute atomic E-state index is 11.9. The second-order valence-electron chi connectivity index (χ2n) is 4.40. The van der Waals surface area contributed by atoms with Crippen molar-refractivity contribution < 1.29 is 23.1 Å². The summed E-state index contributed by atoms with van der Waals surface area (Å²) < 4.78 is 35.6. The van der Waals surface area contributed by atoms with Gasteiger partial charge >= 0.3 is 6.18 Å². The van der Waals surface area contributed by atoms with Gasteiger partial charge in [-0.15, -0.1) is 0 Å². The Labute approximate surface area is 97.4 Å². The Hall–Kier alpha value is -0.820. The highest BCUT2D eigenvalue weighted by Gasteiger charge is 2.34. The van der Waals surface area contributed by atoms with Crippen LogP contribution in [0.4, 0.5) is 13.2 Å². The minimum Gasteiger partial charge on any atom is -0.382 e. The van der Waals surface area contributed by atoms with E-state index in [2.05, 4.69) is 0 Å². The fourth-order valence-corrected chi connectivity index (χ4v) is 2.07. The quantitative estimate of drug-likeness (QED) is 0.685. The summed E-state index contributed by atoms with van der Waals surface area (Å²) in [5.41, 5.74) is 5.67. The molecule has 1 aliphatic rings. The number of halogens is 3. The summed E-state index contributed by atoms with van der Waals surface area (Å²) in [6.45, 7) is -1.44. The molecule has 0 aliphatic heterocycles. The van der Waals surface area contributed by atoms with E-state index in [9.17, 15) is 23.1 Å². The zero-order valence-corrected chi connectivity index (χ0v) is 9.33. The lowest BCUT2D eigenvalue weighted by Crippen LogP contribution is -2.51. The Balaban J connectivity index is 2.39. The second kappa shape index (κ2) is 5.68. The average molecular weight is 254 g/mol. The van der Waals surface area contributed by atoms with Gasteiger partial charge in [0.1, 0.15) is 12.6 Å². The maximum atomic E-state index is 11.9. The fraction of sp³-hybridized carbons (Fsp3) is 0.900. The van der Waals surface area contributed by atoms with Gasteiger partial charge in [0, 0.05) is 6.04 Å². The summed E-state index contributed by atoms with van der Waals surface area (Å²) in [7, 11) is 0. The normalized spacial score (nSPS) is 21.2. The molecule has 100 valence electrons. The molecule has 0 aromatic carbocycles. The number of amides is 1. The molecule has 1 amide bonds. The predicted octanol–water partition coefficient (Wildman–Crippen LogP) is 0.543. The second-order valence-corrected chi connectivity index (χ2v) is 4.40. The van der Waals surface area contributed by atoms with Gasteiger partial charge in [-0.3, -0.25) is 4.79 Å². The Kier molecular flexibility index (Phi) is 4.76. The smallest absolute Gasteiger partial charge is 0.382 e. The number of nitrogens with two attached hydrogens (primary N) is 1. The van der Waals surface area contributed by atoms with Crippen LogP contribution in [0.2, 0.25) is 0 Å². The van der Waals surface area contributed by atoms with Gasteiger partial charge in [0.15, 0.2) is 0 Å². The van der Waals surface area contributed by atoms with E-state index in [1.165, 1.54) is 0 Å². The van der Waals surface area contributed by atoms with Crippen molar-refractivity contribution in [2.45, 2.75) is 44.0 Å². The number of rotatable bonds is 4. The molecule has 0 heterocycles. The number of carbonyl (C=O) groups excluding carboxylic acids is 1. The Morgan fingerprint density at radius 2 is 1.94 bits per heavy atom. The molecule has 1 rings (SSSR count). The van der Waals surface area contributed by atoms with Crippen LogP contribution in [0.3, 0.4) is 0 Å². The van der Waals surface area contributed by atoms with Crippen LogP contribution in [0, 0.1) is 5.92 Å². The first kappa shape index (κ1) is 14.2. The van der Waals surface area contributed by atoms with Gasteiger partial charge in [0.25, 0.3) is 5.91 Å². The Morgan fingerprint density at radius 3 is 2.41 bits per heavy atom. The van der Waals surface area contributed by atoms with Crippen molar-refractivity contribution in [3.8, 4) is 0 Å². The van der Waals surface area contributed by atoms with Crippen molar-refractivity contribution >= 4 is 5.91 Å². The first-order valence-corrected chi connectivity index (χ1v) is 5.59. The molecule has 17 heavy (non-hydrogen) atoms. The summed E-state index contributed by atoms with van der Waals surface area (Å²) in [5.74, 6) is -1.04. The van der Waals surface area contributed by atoms with Crippen molar-refractivity contribution in [3.63, 3.8) is 0 Å². The number of alkyl halides is 3. The molecule has 0 aromatic heterocycles. The van der Waals surface area contributed by atoms with Gasteiger partial charge in [-0.25, -0.2) is 0 Å². The van der Waals surface area contributed by atoms with Crippen LogP contribution in [-0.4, -0.2) is 35.9 Å². The van der Waals surface area contributed by atoms with Crippen molar-refractivity contribution in [1.82, 2.24) is 5.32 Å². The number of nitrogens with one attached hydrogen (secondary N) is 1. The third-order valence-corrected chi connectivity index (χ3v) is 3.04. The largest absolute Gasteiger partial charge is 0.405 e. The van der Waals surface area contributed by atoms with Crippen LogP contribution < -0.4 is 11.1 Å². The molecular formula is C10H17F3N2O2. The first-order valence-electron chi connectivity index (χ1n) is 5.59. The first-order chi connectivity index (χ1) is 7.81. The van der Waals surface area contributed by atoms with Crippen LogP contribution in [0.1, 0.15) is 25.7 Å². The van der Waals surface area contributed by atoms with E-state index in [1.807, 2.05) is 0 Å². The van der Waals surface area contributed by atoms with Gasteiger partial charge in [0.05, 0.1) is 0 Å². The summed E-state index contributed by atoms with van der Waals surface area (Å²) in [6.07, 6.45) is -2.46. The third kappa shape index (κ3) is 4.51. The molecule has 1 aliphatic carbocycles. The molecule has 1 saturated carbocycles. The van der Waals surface area contributed by atoms with Crippen molar-refractivity contribution in [3.05, 3.63) is 0 Å². The highest BCUT2D eigenvalue weighted by atomic mass is 19.4. The standard InChI is InChI=1S/C10H17F3N2O2/c11-10(12,13)5-15-9(17)8(16)7(14)6-3-1-2-4-6/h6-8,16H,1-5,14H2,(H,15,17). The van der Waals surface area contributed by atoms with Crippen molar-refractivity contribution in [2.24, 2.45) is 11.7 Å². The van der Waals surface area contributed by atoms with Crippen molar-refractivity contribution in [1.29, 1.82) is 0 Å². The molecule has 4 nitrogen and oxygen atoms in total. The minimum absolute atomic E-state index is 0.0154. The lowest BCUT2D eigenvalue weighted by molar-refractivity contribution is -0.144. The molecule has 0 bridgehead atoms. The fourth-order valence-electron chi connectivity index (χ4n) is 2.07. The zero-order valence-electron chi connectivity index (χ0n) is 9.33. The van der Waals surface area contributed by atoms with E-state index in [1.54, 1.807) is 5.32 Å². The van der Waals surface area contributed by atoms with E-state index in [0.29, 0.717) is 0 Å². The lowest BCUT2D eigenvalue weighted by Gasteiger charge is -2.23. The number of carbonyl (C=O) groups is 1. The number of hydrogen-bond donors (Lipinski definition) is 3. The molecule has 7 heteroatoms.